The van der Waals surface area contributed by atoms with Crippen LogP contribution >= 0.6 is 47.8 Å². The molecule has 4 saturated carbocycles. The van der Waals surface area contributed by atoms with E-state index in [2.05, 4.69) is 75.7 Å². The van der Waals surface area contributed by atoms with Crippen molar-refractivity contribution in [2.45, 2.75) is 265 Å². The van der Waals surface area contributed by atoms with Gasteiger partial charge in [-0.2, -0.15) is 14.7 Å². The van der Waals surface area contributed by atoms with E-state index >= 15 is 0 Å². The topological polar surface area (TPSA) is 311 Å². The lowest BCUT2D eigenvalue weighted by molar-refractivity contribution is -0.152. The number of alkyl halides is 2. The molecule has 0 radical (unpaired) electrons. The van der Waals surface area contributed by atoms with Crippen molar-refractivity contribution in [1.29, 1.82) is 0 Å². The summed E-state index contributed by atoms with van der Waals surface area (Å²) in [6, 6.07) is 0. The van der Waals surface area contributed by atoms with Crippen molar-refractivity contribution in [3.8, 4) is 35.4 Å². The lowest BCUT2D eigenvalue weighted by Crippen LogP contribution is -2.55. The first-order valence-corrected chi connectivity index (χ1v) is 34.1. The highest BCUT2D eigenvalue weighted by Gasteiger charge is 2.73. The first-order chi connectivity index (χ1) is 43.5. The Morgan fingerprint density at radius 3 is 0.948 bits per heavy atom. The Kier molecular flexibility index (Phi) is 30.8. The molecule has 4 aliphatic rings. The largest absolute Gasteiger partial charge is 0.464 e. The number of carbonyl (C=O) groups is 11. The van der Waals surface area contributed by atoms with E-state index in [1.54, 1.807) is 173 Å². The van der Waals surface area contributed by atoms with E-state index in [0.717, 1.165) is 4.90 Å². The summed E-state index contributed by atoms with van der Waals surface area (Å²) < 4.78 is 57.5. The van der Waals surface area contributed by atoms with Gasteiger partial charge >= 0.3 is 66.5 Å². The summed E-state index contributed by atoms with van der Waals surface area (Å²) in [6.45, 7) is 42.5. The lowest BCUT2D eigenvalue weighted by atomic mass is 10.1. The zero-order valence-corrected chi connectivity index (χ0v) is 65.1. The number of nitrogens with zero attached hydrogens (tertiary/aromatic N) is 3. The zero-order chi connectivity index (χ0) is 75.1. The quantitative estimate of drug-likeness (QED) is 0.0731. The summed E-state index contributed by atoms with van der Waals surface area (Å²) in [5, 5.41) is 3.07. The molecule has 0 aliphatic heterocycles. The number of amides is 7. The van der Waals surface area contributed by atoms with Crippen molar-refractivity contribution in [2.24, 2.45) is 23.7 Å². The van der Waals surface area contributed by atoms with Crippen LogP contribution in [-0.4, -0.2) is 179 Å². The Bertz CT molecular complexity index is 2910. The molecular weight excluding hydrogens is 1450 g/mol. The summed E-state index contributed by atoms with van der Waals surface area (Å²) >= 11 is 9.86. The summed E-state index contributed by atoms with van der Waals surface area (Å²) in [7, 11) is 0. The fraction of sp³-hybridized carbons (Fsp3) is 0.746. The van der Waals surface area contributed by atoms with Crippen LogP contribution in [0.5, 0.6) is 0 Å². The molecule has 1 N–H and O–H groups in total. The molecule has 0 aromatic heterocycles. The van der Waals surface area contributed by atoms with Crippen molar-refractivity contribution in [2.75, 3.05) is 31.8 Å². The maximum Gasteiger partial charge on any atom is 0.420 e. The van der Waals surface area contributed by atoms with Crippen LogP contribution in [-0.2, 0) is 71.3 Å². The predicted octanol–water partition coefficient (Wildman–Crippen LogP) is 13.1. The maximum absolute atomic E-state index is 12.9. The molecular formula is C67H101Br3N4O22. The number of carbonyl (C=O) groups excluding carboxylic acids is 11. The fourth-order valence-corrected chi connectivity index (χ4v) is 10.3. The number of alkyl carbamates (subject to hydrolysis) is 1. The first-order valence-electron chi connectivity index (χ1n) is 31.2. The third-order valence-electron chi connectivity index (χ3n) is 12.9. The van der Waals surface area contributed by atoms with Gasteiger partial charge in [-0.15, -0.1) is 24.7 Å². The number of hydrogen-bond donors (Lipinski definition) is 1. The molecule has 29 heteroatoms. The minimum absolute atomic E-state index is 0.0916. The van der Waals surface area contributed by atoms with Crippen molar-refractivity contribution in [3.63, 3.8) is 0 Å². The van der Waals surface area contributed by atoms with Gasteiger partial charge in [0.15, 0.2) is 22.2 Å². The summed E-state index contributed by atoms with van der Waals surface area (Å²) in [4.78, 5) is 143. The van der Waals surface area contributed by atoms with Crippen molar-refractivity contribution in [3.05, 3.63) is 0 Å². The van der Waals surface area contributed by atoms with Crippen LogP contribution < -0.4 is 5.32 Å². The van der Waals surface area contributed by atoms with Gasteiger partial charge in [-0.25, -0.2) is 52.7 Å². The van der Waals surface area contributed by atoms with E-state index in [-0.39, 0.29) is 62.4 Å². The van der Waals surface area contributed by atoms with Gasteiger partial charge < -0.3 is 57.4 Å². The Morgan fingerprint density at radius 2 is 0.698 bits per heavy atom. The molecule has 26 nitrogen and oxygen atoms in total. The molecule has 0 aromatic carbocycles. The first kappa shape index (κ1) is 87.5. The third-order valence-corrected chi connectivity index (χ3v) is 15.7. The molecule has 4 fully saturated rings. The van der Waals surface area contributed by atoms with Crippen molar-refractivity contribution < 1.29 is 105 Å². The molecule has 542 valence electrons. The number of halogens is 3. The van der Waals surface area contributed by atoms with Gasteiger partial charge in [-0.1, -0.05) is 37.8 Å². The van der Waals surface area contributed by atoms with Gasteiger partial charge in [0, 0.05) is 44.8 Å². The van der Waals surface area contributed by atoms with Crippen molar-refractivity contribution >= 4 is 114 Å². The molecule has 9 atom stereocenters. The molecule has 1 unspecified atom stereocenters. The normalized spacial score (nSPS) is 23.1. The van der Waals surface area contributed by atoms with Gasteiger partial charge in [-0.3, -0.25) is 0 Å². The average molecular weight is 1550 g/mol. The van der Waals surface area contributed by atoms with Gasteiger partial charge in [0.2, 0.25) is 0 Å². The Labute approximate surface area is 591 Å². The molecule has 0 saturated heterocycles. The molecule has 4 rings (SSSR count). The number of rotatable bonds is 14. The van der Waals surface area contributed by atoms with Crippen molar-refractivity contribution in [1.82, 2.24) is 20.0 Å². The average Bonchev–Trinajstić information content (AvgIpc) is 1.58. The van der Waals surface area contributed by atoms with E-state index in [1.807, 2.05) is 0 Å². The van der Waals surface area contributed by atoms with E-state index in [1.165, 1.54) is 0 Å². The Hall–Kier alpha value is -6.51. The Morgan fingerprint density at radius 1 is 0.427 bits per heavy atom. The van der Waals surface area contributed by atoms with Crippen LogP contribution in [0.2, 0.25) is 0 Å². The minimum Gasteiger partial charge on any atom is -0.464 e. The molecule has 4 aliphatic carbocycles. The highest BCUT2D eigenvalue weighted by molar-refractivity contribution is 9.12. The maximum atomic E-state index is 12.9. The second kappa shape index (κ2) is 33.8. The van der Waals surface area contributed by atoms with E-state index in [9.17, 15) is 52.7 Å². The van der Waals surface area contributed by atoms with Crippen LogP contribution in [0, 0.1) is 59.1 Å². The minimum atomic E-state index is -1.59. The van der Waals surface area contributed by atoms with E-state index in [4.69, 9.17) is 65.0 Å². The second-order valence-electron chi connectivity index (χ2n) is 29.5. The fourth-order valence-electron chi connectivity index (χ4n) is 8.90. The second-order valence-corrected chi connectivity index (χ2v) is 31.7. The predicted molar refractivity (Wildman–Crippen MR) is 363 cm³/mol. The SMILES string of the molecule is C#C[C@@H]1C[C@@]1(C(=O)OCC)N(C(=O)OC(C)(C)C)C(=O)OC(C)(C)C.C#C[C@@H]1C[C@]1(NC(=O)OC(C)(C)C)C(=O)OCC.CCOC(=O)[C@@]1(N(C(=O)OC(C)(C)C)C(=O)OC(C)(C)C)C[C@H]1C#CBr.CCOC(=O)[C@@]1(N(C(=O)OC(C)(C)C)C(=O)OC(C)(C)C)C[C@H]1C(Br)CBr. The standard InChI is InChI=1S/C18H29Br2NO6.C18H26BrNO6.C18H27NO6.C13H19NO4/c1-8-25-13(22)18(9-11(18)12(20)10-19)21(14(23)26-16(2,3)4)15(24)27-17(5,6)7;1-8-24-13(21)18(11-12(18)9-10-19)20(14(22)25-16(2,3)4)15(23)26-17(5,6)7;1-9-12-11-18(12,13(20)23-10-2)19(14(21)24-16(3,4)5)15(22)25-17(6,7)8;1-6-9-8-13(9,10(15)17-7-2)14-11(16)18-12(3,4)5/h11-12H,8-10H2,1-7H3;12H,8,11H2,1-7H3;1,12H,10-11H2,2-8H3;1,9H,7-8H2,2-5H3,(H,14,16)/t11-,12?,18+;2*12-,18-;9-,13-/m0111/s1. The summed E-state index contributed by atoms with van der Waals surface area (Å²) in [5.41, 5.74) is -11.5. The van der Waals surface area contributed by atoms with Crippen LogP contribution in [0.3, 0.4) is 0 Å². The Balaban J connectivity index is 0.000000646. The molecule has 0 aromatic rings. The number of nitrogens with one attached hydrogen (secondary N) is 1. The lowest BCUT2D eigenvalue weighted by Gasteiger charge is -2.33. The van der Waals surface area contributed by atoms with Crippen LogP contribution in [0.15, 0.2) is 0 Å². The molecule has 0 bridgehead atoms. The summed E-state index contributed by atoms with van der Waals surface area (Å²) in [6.07, 6.45) is 5.22. The molecule has 7 amide bonds. The number of imide groups is 3. The summed E-state index contributed by atoms with van der Waals surface area (Å²) in [5.74, 6) is 3.20. The van der Waals surface area contributed by atoms with Crippen LogP contribution in [0.4, 0.5) is 33.6 Å². The van der Waals surface area contributed by atoms with Gasteiger partial charge in [0.25, 0.3) is 0 Å². The highest BCUT2D eigenvalue weighted by atomic mass is 79.9. The zero-order valence-electron chi connectivity index (χ0n) is 60.4. The number of esters is 4. The van der Waals surface area contributed by atoms with Gasteiger partial charge in [0.05, 0.1) is 44.2 Å². The monoisotopic (exact) mass is 1550 g/mol. The molecule has 0 spiro atoms. The van der Waals surface area contributed by atoms with Crippen LogP contribution in [0.25, 0.3) is 0 Å². The number of terminal acetylenes is 2. The van der Waals surface area contributed by atoms with Gasteiger partial charge in [0.1, 0.15) is 39.2 Å². The molecule has 0 heterocycles. The van der Waals surface area contributed by atoms with Crippen LogP contribution in [0.1, 0.15) is 199 Å². The molecule has 96 heavy (non-hydrogen) atoms. The number of ether oxygens (including phenoxy) is 11. The van der Waals surface area contributed by atoms with E-state index in [0.29, 0.717) is 21.6 Å². The highest BCUT2D eigenvalue weighted by Crippen LogP contribution is 2.55. The van der Waals surface area contributed by atoms with Gasteiger partial charge in [-0.05, 0) is 191 Å². The van der Waals surface area contributed by atoms with E-state index < -0.39 is 140 Å². The smallest absolute Gasteiger partial charge is 0.420 e. The third kappa shape index (κ3) is 25.4. The number of hydrogen-bond acceptors (Lipinski definition) is 22.